The van der Waals surface area contributed by atoms with E-state index in [1.54, 1.807) is 0 Å². The van der Waals surface area contributed by atoms with Crippen molar-refractivity contribution in [2.45, 2.75) is 19.4 Å². The van der Waals surface area contributed by atoms with Crippen molar-refractivity contribution < 1.29 is 0 Å². The van der Waals surface area contributed by atoms with Crippen LogP contribution in [0.2, 0.25) is 0 Å². The predicted molar refractivity (Wildman–Crippen MR) is 112 cm³/mol. The minimum absolute atomic E-state index is 1.04. The highest BCUT2D eigenvalue weighted by molar-refractivity contribution is 5.96. The summed E-state index contributed by atoms with van der Waals surface area (Å²) in [5.74, 6) is 1.20. The van der Waals surface area contributed by atoms with Crippen molar-refractivity contribution in [3.8, 4) is 0 Å². The molecule has 2 aliphatic heterocycles. The van der Waals surface area contributed by atoms with Crippen molar-refractivity contribution in [1.29, 1.82) is 0 Å². The molecule has 1 fully saturated rings. The molecular weight excluding hydrogens is 332 g/mol. The van der Waals surface area contributed by atoms with Crippen LogP contribution in [0.3, 0.4) is 0 Å². The van der Waals surface area contributed by atoms with Gasteiger partial charge in [-0.05, 0) is 24.5 Å². The second-order valence-corrected chi connectivity index (χ2v) is 7.59. The summed E-state index contributed by atoms with van der Waals surface area (Å²) in [5, 5.41) is 4.91. The van der Waals surface area contributed by atoms with Gasteiger partial charge in [-0.2, -0.15) is 0 Å². The number of fused-ring (bicyclic) bond motifs is 3. The lowest BCUT2D eigenvalue weighted by Gasteiger charge is -2.37. The van der Waals surface area contributed by atoms with E-state index in [1.165, 1.54) is 34.4 Å². The predicted octanol–water partition coefficient (Wildman–Crippen LogP) is 3.92. The van der Waals surface area contributed by atoms with E-state index in [0.717, 1.165) is 51.2 Å². The maximum atomic E-state index is 5.09. The van der Waals surface area contributed by atoms with Crippen molar-refractivity contribution >= 4 is 22.4 Å². The zero-order valence-corrected chi connectivity index (χ0v) is 15.7. The molecule has 1 aromatic heterocycles. The smallest absolute Gasteiger partial charge is 0.134 e. The van der Waals surface area contributed by atoms with Gasteiger partial charge in [-0.1, -0.05) is 48.5 Å². The second-order valence-electron chi connectivity index (χ2n) is 7.59. The molecule has 0 bridgehead atoms. The first-order valence-corrected chi connectivity index (χ1v) is 10.1. The molecule has 1 saturated heterocycles. The molecule has 138 valence electrons. The van der Waals surface area contributed by atoms with Crippen molar-refractivity contribution in [3.05, 3.63) is 65.7 Å². The van der Waals surface area contributed by atoms with E-state index < -0.39 is 0 Å². The Balaban J connectivity index is 1.39. The summed E-state index contributed by atoms with van der Waals surface area (Å²) in [7, 11) is 0. The number of hydrogen-bond acceptors (Lipinski definition) is 4. The van der Waals surface area contributed by atoms with Gasteiger partial charge in [0, 0.05) is 50.2 Å². The third-order valence-electron chi connectivity index (χ3n) is 5.80. The van der Waals surface area contributed by atoms with Crippen LogP contribution in [0.25, 0.3) is 10.9 Å². The molecular formula is C23H26N4. The number of anilines is 2. The monoisotopic (exact) mass is 358 g/mol. The lowest BCUT2D eigenvalue weighted by Crippen LogP contribution is -2.46. The van der Waals surface area contributed by atoms with Gasteiger partial charge in [-0.3, -0.25) is 4.90 Å². The van der Waals surface area contributed by atoms with Gasteiger partial charge in [0.05, 0.1) is 11.2 Å². The van der Waals surface area contributed by atoms with E-state index >= 15 is 0 Å². The summed E-state index contributed by atoms with van der Waals surface area (Å²) in [6.45, 7) is 6.37. The molecule has 0 atom stereocenters. The van der Waals surface area contributed by atoms with E-state index in [1.807, 2.05) is 0 Å². The van der Waals surface area contributed by atoms with Gasteiger partial charge in [0.1, 0.15) is 5.82 Å². The molecule has 0 saturated carbocycles. The zero-order valence-electron chi connectivity index (χ0n) is 15.7. The van der Waals surface area contributed by atoms with E-state index in [4.69, 9.17) is 4.98 Å². The van der Waals surface area contributed by atoms with Gasteiger partial charge < -0.3 is 10.2 Å². The number of nitrogens with zero attached hydrogens (tertiary/aromatic N) is 3. The number of rotatable bonds is 3. The van der Waals surface area contributed by atoms with E-state index in [-0.39, 0.29) is 0 Å². The summed E-state index contributed by atoms with van der Waals surface area (Å²) in [4.78, 5) is 10.1. The van der Waals surface area contributed by atoms with Gasteiger partial charge in [0.15, 0.2) is 0 Å². The molecule has 0 radical (unpaired) electrons. The minimum atomic E-state index is 1.04. The van der Waals surface area contributed by atoms with Gasteiger partial charge in [0.2, 0.25) is 0 Å². The number of pyridine rings is 1. The van der Waals surface area contributed by atoms with Crippen LogP contribution < -0.4 is 10.2 Å². The molecule has 27 heavy (non-hydrogen) atoms. The van der Waals surface area contributed by atoms with Gasteiger partial charge in [-0.15, -0.1) is 0 Å². The van der Waals surface area contributed by atoms with Gasteiger partial charge in [0.25, 0.3) is 0 Å². The topological polar surface area (TPSA) is 31.4 Å². The Morgan fingerprint density at radius 2 is 1.67 bits per heavy atom. The van der Waals surface area contributed by atoms with Crippen molar-refractivity contribution in [1.82, 2.24) is 9.88 Å². The molecule has 2 aromatic carbocycles. The van der Waals surface area contributed by atoms with Crippen LogP contribution in [-0.2, 0) is 13.0 Å². The molecule has 1 N–H and O–H groups in total. The van der Waals surface area contributed by atoms with Crippen LogP contribution in [0.15, 0.2) is 54.6 Å². The molecule has 0 aliphatic carbocycles. The van der Waals surface area contributed by atoms with Crippen LogP contribution in [0.4, 0.5) is 11.5 Å². The largest absolute Gasteiger partial charge is 0.384 e. The fourth-order valence-corrected chi connectivity index (χ4v) is 4.38. The fourth-order valence-electron chi connectivity index (χ4n) is 4.38. The molecule has 3 heterocycles. The fraction of sp³-hybridized carbons (Fsp3) is 0.348. The van der Waals surface area contributed by atoms with Crippen molar-refractivity contribution in [3.63, 3.8) is 0 Å². The Kier molecular flexibility index (Phi) is 4.42. The summed E-state index contributed by atoms with van der Waals surface area (Å²) in [5.41, 5.74) is 5.23. The molecule has 4 nitrogen and oxygen atoms in total. The molecule has 0 unspecified atom stereocenters. The maximum Gasteiger partial charge on any atom is 0.134 e. The number of benzene rings is 2. The zero-order chi connectivity index (χ0) is 18.1. The molecule has 0 amide bonds. The number of piperazine rings is 1. The lowest BCUT2D eigenvalue weighted by molar-refractivity contribution is 0.249. The standard InChI is InChI=1S/C23H26N4/c1-2-7-18(8-3-1)17-26-13-15-27(16-14-26)23-20-10-6-12-24-22(20)19-9-4-5-11-21(19)25-23/h1-5,7-9,11,24H,6,10,12-17H2. The Morgan fingerprint density at radius 3 is 2.52 bits per heavy atom. The quantitative estimate of drug-likeness (QED) is 0.769. The van der Waals surface area contributed by atoms with Crippen LogP contribution in [0.1, 0.15) is 17.5 Å². The molecule has 0 spiro atoms. The molecule has 4 heteroatoms. The van der Waals surface area contributed by atoms with Crippen molar-refractivity contribution in [2.24, 2.45) is 0 Å². The summed E-state index contributed by atoms with van der Waals surface area (Å²) < 4.78 is 0. The van der Waals surface area contributed by atoms with Crippen LogP contribution >= 0.6 is 0 Å². The van der Waals surface area contributed by atoms with Gasteiger partial charge >= 0.3 is 0 Å². The third kappa shape index (κ3) is 3.26. The Labute approximate surface area is 160 Å². The normalized spacial score (nSPS) is 17.6. The molecule has 5 rings (SSSR count). The van der Waals surface area contributed by atoms with E-state index in [9.17, 15) is 0 Å². The first kappa shape index (κ1) is 16.6. The third-order valence-corrected chi connectivity index (χ3v) is 5.80. The number of nitrogens with one attached hydrogen (secondary N) is 1. The highest BCUT2D eigenvalue weighted by Crippen LogP contribution is 2.36. The van der Waals surface area contributed by atoms with Crippen molar-refractivity contribution in [2.75, 3.05) is 42.9 Å². The Bertz CT molecular complexity index is 930. The average Bonchev–Trinajstić information content (AvgIpc) is 2.75. The molecule has 3 aromatic rings. The summed E-state index contributed by atoms with van der Waals surface area (Å²) in [6, 6.07) is 19.3. The van der Waals surface area contributed by atoms with Crippen LogP contribution in [-0.4, -0.2) is 42.6 Å². The summed E-state index contributed by atoms with van der Waals surface area (Å²) >= 11 is 0. The Hall–Kier alpha value is -2.59. The number of aromatic nitrogens is 1. The maximum absolute atomic E-state index is 5.09. The van der Waals surface area contributed by atoms with Crippen LogP contribution in [0.5, 0.6) is 0 Å². The second kappa shape index (κ2) is 7.20. The average molecular weight is 358 g/mol. The number of hydrogen-bond donors (Lipinski definition) is 1. The lowest BCUT2D eigenvalue weighted by atomic mass is 10.00. The van der Waals surface area contributed by atoms with E-state index in [2.05, 4.69) is 69.7 Å². The number of para-hydroxylation sites is 1. The highest BCUT2D eigenvalue weighted by Gasteiger charge is 2.24. The Morgan fingerprint density at radius 1 is 0.889 bits per heavy atom. The molecule has 2 aliphatic rings. The highest BCUT2D eigenvalue weighted by atomic mass is 15.3. The van der Waals surface area contributed by atoms with Crippen LogP contribution in [0, 0.1) is 0 Å². The first-order valence-electron chi connectivity index (χ1n) is 10.1. The minimum Gasteiger partial charge on any atom is -0.384 e. The van der Waals surface area contributed by atoms with Gasteiger partial charge in [-0.25, -0.2) is 4.98 Å². The first-order chi connectivity index (χ1) is 13.4. The summed E-state index contributed by atoms with van der Waals surface area (Å²) in [6.07, 6.45) is 2.31. The SMILES string of the molecule is c1ccc(CN2CCN(c3nc4ccccc4c4c3CCCN4)CC2)cc1. The van der Waals surface area contributed by atoms with E-state index in [0.29, 0.717) is 0 Å².